The summed E-state index contributed by atoms with van der Waals surface area (Å²) in [5, 5.41) is 23.4. The molecule has 3 heterocycles. The Morgan fingerprint density at radius 1 is 1.20 bits per heavy atom. The highest BCUT2D eigenvalue weighted by molar-refractivity contribution is 7.17. The van der Waals surface area contributed by atoms with Crippen molar-refractivity contribution in [2.75, 3.05) is 5.32 Å². The van der Waals surface area contributed by atoms with Gasteiger partial charge in [-0.05, 0) is 35.6 Å². The number of nitrogens with zero attached hydrogens (tertiary/aromatic N) is 3. The third-order valence-corrected chi connectivity index (χ3v) is 4.81. The van der Waals surface area contributed by atoms with Crippen molar-refractivity contribution in [2.45, 2.75) is 13.0 Å². The second-order valence-electron chi connectivity index (χ2n) is 5.58. The van der Waals surface area contributed by atoms with E-state index in [2.05, 4.69) is 25.5 Å². The van der Waals surface area contributed by atoms with Gasteiger partial charge in [-0.1, -0.05) is 12.1 Å². The maximum Gasteiger partial charge on any atom is 0.165 e. The van der Waals surface area contributed by atoms with E-state index in [1.807, 2.05) is 12.3 Å². The summed E-state index contributed by atoms with van der Waals surface area (Å²) in [4.78, 5) is 9.75. The highest BCUT2D eigenvalue weighted by atomic mass is 32.1. The summed E-state index contributed by atoms with van der Waals surface area (Å²) in [6.45, 7) is 1.98. The number of nitrogens with one attached hydrogen (secondary N) is 2. The fourth-order valence-corrected chi connectivity index (χ4v) is 3.49. The van der Waals surface area contributed by atoms with Gasteiger partial charge in [0, 0.05) is 6.07 Å². The zero-order valence-corrected chi connectivity index (χ0v) is 14.0. The lowest BCUT2D eigenvalue weighted by atomic mass is 10.1. The third kappa shape index (κ3) is 2.97. The van der Waals surface area contributed by atoms with Gasteiger partial charge in [0.25, 0.3) is 0 Å². The van der Waals surface area contributed by atoms with Gasteiger partial charge in [0.05, 0.1) is 11.6 Å². The molecule has 126 valence electrons. The summed E-state index contributed by atoms with van der Waals surface area (Å²) in [5.74, 6) is 1.17. The van der Waals surface area contributed by atoms with E-state index >= 15 is 0 Å². The lowest BCUT2D eigenvalue weighted by Gasteiger charge is -2.13. The second-order valence-corrected chi connectivity index (χ2v) is 6.44. The molecule has 0 saturated heterocycles. The van der Waals surface area contributed by atoms with Crippen molar-refractivity contribution < 1.29 is 9.50 Å². The molecule has 0 aliphatic heterocycles. The quantitative estimate of drug-likeness (QED) is 0.520. The maximum atomic E-state index is 13.1. The van der Waals surface area contributed by atoms with Crippen LogP contribution in [0.3, 0.4) is 0 Å². The van der Waals surface area contributed by atoms with Crippen molar-refractivity contribution in [2.24, 2.45) is 0 Å². The molecule has 0 aliphatic rings. The number of aromatic amines is 1. The predicted molar refractivity (Wildman–Crippen MR) is 94.5 cm³/mol. The van der Waals surface area contributed by atoms with Crippen LogP contribution in [0.2, 0.25) is 0 Å². The standard InChI is InChI=1S/C17H14FN5OS/c1-9-8-25-17-13(9)15(20-12-6-7-19-23-12)21-16(22-17)14(24)10-2-4-11(18)5-3-10/h2-8,14,24H,1H3,(H2,19,20,21,22,23). The molecule has 1 unspecified atom stereocenters. The van der Waals surface area contributed by atoms with E-state index in [9.17, 15) is 9.50 Å². The van der Waals surface area contributed by atoms with Crippen LogP contribution in [0, 0.1) is 12.7 Å². The van der Waals surface area contributed by atoms with Crippen LogP contribution in [0.1, 0.15) is 23.1 Å². The number of H-pyrrole nitrogens is 1. The van der Waals surface area contributed by atoms with Gasteiger partial charge < -0.3 is 10.4 Å². The van der Waals surface area contributed by atoms with Gasteiger partial charge in [-0.25, -0.2) is 14.4 Å². The van der Waals surface area contributed by atoms with Crippen LogP contribution in [-0.2, 0) is 0 Å². The molecule has 0 fully saturated rings. The average molecular weight is 355 g/mol. The summed E-state index contributed by atoms with van der Waals surface area (Å²) in [6, 6.07) is 7.43. The summed E-state index contributed by atoms with van der Waals surface area (Å²) in [6.07, 6.45) is 0.588. The highest BCUT2D eigenvalue weighted by Crippen LogP contribution is 2.33. The van der Waals surface area contributed by atoms with Gasteiger partial charge >= 0.3 is 0 Å². The molecule has 0 radical (unpaired) electrons. The number of aromatic nitrogens is 4. The number of halogens is 1. The van der Waals surface area contributed by atoms with E-state index in [4.69, 9.17) is 0 Å². The molecule has 8 heteroatoms. The summed E-state index contributed by atoms with van der Waals surface area (Å²) >= 11 is 1.48. The first-order valence-electron chi connectivity index (χ1n) is 7.57. The second kappa shape index (κ2) is 6.23. The number of rotatable bonds is 4. The summed E-state index contributed by atoms with van der Waals surface area (Å²) in [7, 11) is 0. The maximum absolute atomic E-state index is 13.1. The largest absolute Gasteiger partial charge is 0.380 e. The first-order valence-corrected chi connectivity index (χ1v) is 8.45. The van der Waals surface area contributed by atoms with E-state index < -0.39 is 6.10 Å². The monoisotopic (exact) mass is 355 g/mol. The Labute approximate surface area is 146 Å². The normalized spacial score (nSPS) is 12.4. The topological polar surface area (TPSA) is 86.7 Å². The van der Waals surface area contributed by atoms with Crippen molar-refractivity contribution >= 4 is 33.2 Å². The molecule has 0 bridgehead atoms. The van der Waals surface area contributed by atoms with Crippen LogP contribution < -0.4 is 5.32 Å². The lowest BCUT2D eigenvalue weighted by molar-refractivity contribution is 0.210. The van der Waals surface area contributed by atoms with Gasteiger partial charge in [-0.3, -0.25) is 5.10 Å². The molecule has 0 saturated carbocycles. The average Bonchev–Trinajstić information content (AvgIpc) is 3.25. The van der Waals surface area contributed by atoms with Gasteiger partial charge in [-0.2, -0.15) is 5.10 Å². The molecule has 25 heavy (non-hydrogen) atoms. The van der Waals surface area contributed by atoms with Crippen LogP contribution in [-0.4, -0.2) is 25.3 Å². The Morgan fingerprint density at radius 2 is 2.00 bits per heavy atom. The molecule has 4 aromatic rings. The SMILES string of the molecule is Cc1csc2nc(C(O)c3ccc(F)cc3)nc(Nc3ccn[nH]3)c12. The Kier molecular flexibility index (Phi) is 3.90. The Bertz CT molecular complexity index is 1010. The minimum atomic E-state index is -1.05. The number of aliphatic hydroxyl groups excluding tert-OH is 1. The molecule has 0 spiro atoms. The molecule has 1 atom stereocenters. The third-order valence-electron chi connectivity index (χ3n) is 3.82. The van der Waals surface area contributed by atoms with Gasteiger partial charge in [-0.15, -0.1) is 11.3 Å². The first-order chi connectivity index (χ1) is 12.1. The number of hydrogen-bond acceptors (Lipinski definition) is 6. The van der Waals surface area contributed by atoms with Crippen LogP contribution >= 0.6 is 11.3 Å². The Hall–Kier alpha value is -2.84. The van der Waals surface area contributed by atoms with Gasteiger partial charge in [0.2, 0.25) is 0 Å². The van der Waals surface area contributed by atoms with Crippen molar-refractivity contribution in [3.8, 4) is 0 Å². The number of fused-ring (bicyclic) bond motifs is 1. The van der Waals surface area contributed by atoms with Crippen molar-refractivity contribution in [1.29, 1.82) is 0 Å². The smallest absolute Gasteiger partial charge is 0.165 e. The fraction of sp³-hybridized carbons (Fsp3) is 0.118. The molecule has 1 aromatic carbocycles. The first kappa shape index (κ1) is 15.7. The van der Waals surface area contributed by atoms with Crippen LogP contribution in [0.25, 0.3) is 10.2 Å². The molecule has 0 amide bonds. The predicted octanol–water partition coefficient (Wildman–Crippen LogP) is 3.69. The van der Waals surface area contributed by atoms with Crippen molar-refractivity contribution in [3.63, 3.8) is 0 Å². The minimum Gasteiger partial charge on any atom is -0.380 e. The molecule has 3 N–H and O–H groups in total. The molecular weight excluding hydrogens is 341 g/mol. The highest BCUT2D eigenvalue weighted by Gasteiger charge is 2.19. The van der Waals surface area contributed by atoms with E-state index in [-0.39, 0.29) is 11.6 Å². The number of aryl methyl sites for hydroxylation is 1. The summed E-state index contributed by atoms with van der Waals surface area (Å²) in [5.41, 5.74) is 1.58. The Morgan fingerprint density at radius 3 is 2.72 bits per heavy atom. The van der Waals surface area contributed by atoms with Gasteiger partial charge in [0.1, 0.15) is 28.4 Å². The van der Waals surface area contributed by atoms with Crippen LogP contribution in [0.15, 0.2) is 41.9 Å². The van der Waals surface area contributed by atoms with E-state index in [0.717, 1.165) is 15.8 Å². The van der Waals surface area contributed by atoms with Crippen molar-refractivity contribution in [3.05, 3.63) is 64.7 Å². The molecule has 0 aliphatic carbocycles. The van der Waals surface area contributed by atoms with Crippen molar-refractivity contribution in [1.82, 2.24) is 20.2 Å². The lowest BCUT2D eigenvalue weighted by Crippen LogP contribution is -2.08. The molecular formula is C17H14FN5OS. The number of aliphatic hydroxyl groups is 1. The number of anilines is 2. The van der Waals surface area contributed by atoms with Crippen LogP contribution in [0.4, 0.5) is 16.0 Å². The zero-order valence-electron chi connectivity index (χ0n) is 13.2. The molecule has 3 aromatic heterocycles. The van der Waals surface area contributed by atoms with Crippen LogP contribution in [0.5, 0.6) is 0 Å². The zero-order chi connectivity index (χ0) is 17.4. The molecule has 4 rings (SSSR count). The Balaban J connectivity index is 1.80. The number of benzene rings is 1. The molecule has 6 nitrogen and oxygen atoms in total. The summed E-state index contributed by atoms with van der Waals surface area (Å²) < 4.78 is 13.1. The van der Waals surface area contributed by atoms with E-state index in [1.165, 1.54) is 35.6 Å². The van der Waals surface area contributed by atoms with Gasteiger partial charge in [0.15, 0.2) is 5.82 Å². The fourth-order valence-electron chi connectivity index (χ4n) is 2.56. The minimum absolute atomic E-state index is 0.253. The number of hydrogen-bond donors (Lipinski definition) is 3. The van der Waals surface area contributed by atoms with E-state index in [1.54, 1.807) is 12.3 Å². The number of thiophene rings is 1. The van der Waals surface area contributed by atoms with E-state index in [0.29, 0.717) is 17.2 Å².